The Labute approximate surface area is 186 Å². The number of ether oxygens (including phenoxy) is 4. The number of alkyl halides is 3. The molecule has 1 atom stereocenters. The van der Waals surface area contributed by atoms with E-state index in [9.17, 15) is 22.8 Å². The molecule has 1 aromatic heterocycles. The van der Waals surface area contributed by atoms with E-state index in [-0.39, 0.29) is 40.4 Å². The van der Waals surface area contributed by atoms with Crippen LogP contribution in [0.3, 0.4) is 0 Å². The van der Waals surface area contributed by atoms with E-state index >= 15 is 0 Å². The summed E-state index contributed by atoms with van der Waals surface area (Å²) < 4.78 is 67.3. The van der Waals surface area contributed by atoms with Gasteiger partial charge >= 0.3 is 12.1 Å². The van der Waals surface area contributed by atoms with Crippen molar-refractivity contribution in [3.05, 3.63) is 52.4 Å². The lowest BCUT2D eigenvalue weighted by Gasteiger charge is -2.16. The lowest BCUT2D eigenvalue weighted by Crippen LogP contribution is -2.26. The van der Waals surface area contributed by atoms with Crippen LogP contribution in [0.2, 0.25) is 0 Å². The quantitative estimate of drug-likeness (QED) is 0.462. The Hall–Kier alpha value is -3.69. The van der Waals surface area contributed by atoms with Crippen molar-refractivity contribution < 1.29 is 41.3 Å². The first-order valence-electron chi connectivity index (χ1n) is 9.84. The fourth-order valence-electron chi connectivity index (χ4n) is 3.21. The first-order valence-corrected chi connectivity index (χ1v) is 9.84. The number of carbonyl (C=O) groups excluding carboxylic acids is 1. The summed E-state index contributed by atoms with van der Waals surface area (Å²) in [6, 6.07) is 7.74. The minimum Gasteiger partial charge on any atom is -0.493 e. The van der Waals surface area contributed by atoms with Crippen LogP contribution in [0.4, 0.5) is 13.2 Å². The van der Waals surface area contributed by atoms with E-state index in [1.807, 2.05) is 0 Å². The maximum atomic E-state index is 13.9. The Morgan fingerprint density at radius 1 is 1.06 bits per heavy atom. The predicted octanol–water partition coefficient (Wildman–Crippen LogP) is 4.83. The second-order valence-corrected chi connectivity index (χ2v) is 6.87. The van der Waals surface area contributed by atoms with Crippen molar-refractivity contribution in [3.8, 4) is 28.4 Å². The van der Waals surface area contributed by atoms with Crippen molar-refractivity contribution in [1.29, 1.82) is 0 Å². The number of fused-ring (bicyclic) bond motifs is 1. The molecule has 0 aliphatic carbocycles. The molecule has 3 rings (SSSR count). The molecule has 33 heavy (non-hydrogen) atoms. The molecule has 2 aromatic carbocycles. The Morgan fingerprint density at radius 3 is 2.36 bits per heavy atom. The zero-order chi connectivity index (χ0) is 24.3. The first kappa shape index (κ1) is 24.0. The maximum Gasteiger partial charge on any atom is 0.450 e. The molecule has 0 unspecified atom stereocenters. The van der Waals surface area contributed by atoms with Crippen LogP contribution in [0.5, 0.6) is 17.2 Å². The fraction of sp³-hybridized carbons (Fsp3) is 0.304. The van der Waals surface area contributed by atoms with Gasteiger partial charge in [0.1, 0.15) is 11.3 Å². The van der Waals surface area contributed by atoms with Crippen molar-refractivity contribution in [1.82, 2.24) is 0 Å². The summed E-state index contributed by atoms with van der Waals surface area (Å²) in [6.45, 7) is 3.20. The highest BCUT2D eigenvalue weighted by atomic mass is 19.4. The maximum absolute atomic E-state index is 13.9. The van der Waals surface area contributed by atoms with Gasteiger partial charge in [-0.2, -0.15) is 13.2 Å². The van der Waals surface area contributed by atoms with E-state index < -0.39 is 35.0 Å². The van der Waals surface area contributed by atoms with E-state index in [0.29, 0.717) is 0 Å². The van der Waals surface area contributed by atoms with Crippen LogP contribution in [0, 0.1) is 0 Å². The summed E-state index contributed by atoms with van der Waals surface area (Å²) in [5.74, 6) is -1.63. The van der Waals surface area contributed by atoms with E-state index in [4.69, 9.17) is 23.4 Å². The van der Waals surface area contributed by atoms with Gasteiger partial charge in [-0.1, -0.05) is 6.07 Å². The molecule has 0 aliphatic rings. The number of hydrogen-bond acceptors (Lipinski definition) is 7. The topological polar surface area (TPSA) is 84.2 Å². The highest BCUT2D eigenvalue weighted by Gasteiger charge is 2.39. The Morgan fingerprint density at radius 2 is 1.76 bits per heavy atom. The fourth-order valence-corrected chi connectivity index (χ4v) is 3.21. The first-order chi connectivity index (χ1) is 15.6. The molecule has 0 fully saturated rings. The van der Waals surface area contributed by atoms with Crippen LogP contribution in [-0.4, -0.2) is 32.9 Å². The summed E-state index contributed by atoms with van der Waals surface area (Å²) in [5.41, 5.74) is -1.94. The molecule has 1 heterocycles. The smallest absolute Gasteiger partial charge is 0.450 e. The largest absolute Gasteiger partial charge is 0.493 e. The zero-order valence-electron chi connectivity index (χ0n) is 18.2. The molecular weight excluding hydrogens is 445 g/mol. The predicted molar refractivity (Wildman–Crippen MR) is 113 cm³/mol. The van der Waals surface area contributed by atoms with Gasteiger partial charge in [-0.25, -0.2) is 4.79 Å². The third kappa shape index (κ3) is 4.89. The highest BCUT2D eigenvalue weighted by Crippen LogP contribution is 2.40. The van der Waals surface area contributed by atoms with Gasteiger partial charge in [0.15, 0.2) is 17.6 Å². The van der Waals surface area contributed by atoms with Gasteiger partial charge in [0.25, 0.3) is 0 Å². The molecule has 7 nitrogen and oxygen atoms in total. The Kier molecular flexibility index (Phi) is 6.85. The van der Waals surface area contributed by atoms with Gasteiger partial charge in [-0.05, 0) is 43.7 Å². The van der Waals surface area contributed by atoms with Crippen LogP contribution >= 0.6 is 0 Å². The summed E-state index contributed by atoms with van der Waals surface area (Å²) in [6.07, 6.45) is -5.98. The Bertz CT molecular complexity index is 1230. The van der Waals surface area contributed by atoms with Crippen LogP contribution < -0.4 is 19.6 Å². The molecule has 10 heteroatoms. The van der Waals surface area contributed by atoms with Gasteiger partial charge in [0.2, 0.25) is 11.2 Å². The molecule has 0 N–H and O–H groups in total. The highest BCUT2D eigenvalue weighted by molar-refractivity contribution is 5.84. The molecular formula is C23H21F3O7. The third-order valence-electron chi connectivity index (χ3n) is 4.72. The minimum atomic E-state index is -4.97. The van der Waals surface area contributed by atoms with Gasteiger partial charge in [0.05, 0.1) is 31.8 Å². The summed E-state index contributed by atoms with van der Waals surface area (Å²) in [4.78, 5) is 24.9. The van der Waals surface area contributed by atoms with Crippen molar-refractivity contribution >= 4 is 16.9 Å². The molecule has 3 aromatic rings. The average molecular weight is 466 g/mol. The average Bonchev–Trinajstić information content (AvgIpc) is 2.77. The molecule has 0 saturated heterocycles. The number of carbonyl (C=O) groups is 1. The summed E-state index contributed by atoms with van der Waals surface area (Å²) >= 11 is 0. The van der Waals surface area contributed by atoms with Crippen LogP contribution in [-0.2, 0) is 15.7 Å². The van der Waals surface area contributed by atoms with Crippen molar-refractivity contribution in [3.63, 3.8) is 0 Å². The molecule has 0 spiro atoms. The summed E-state index contributed by atoms with van der Waals surface area (Å²) in [5, 5.41) is -0.0936. The van der Waals surface area contributed by atoms with Crippen molar-refractivity contribution in [2.75, 3.05) is 20.8 Å². The number of esters is 1. The molecule has 0 amide bonds. The van der Waals surface area contributed by atoms with Crippen LogP contribution in [0.1, 0.15) is 19.6 Å². The lowest BCUT2D eigenvalue weighted by atomic mass is 10.0. The third-order valence-corrected chi connectivity index (χ3v) is 4.72. The minimum absolute atomic E-state index is 0.0400. The molecule has 0 saturated carbocycles. The lowest BCUT2D eigenvalue weighted by molar-refractivity contribution is -0.152. The SMILES string of the molecule is CCOC(=O)[C@H](C)Oc1ccc2c(=O)c(-c3ccc(OC)c(OC)c3)c(C(F)(F)F)oc2c1. The standard InChI is InChI=1S/C23H21F3O7/c1-5-31-22(28)12(2)32-14-7-8-15-17(11-14)33-21(23(24,25)26)19(20(15)27)13-6-9-16(29-3)18(10-13)30-4/h6-12H,5H2,1-4H3/t12-/m0/s1. The molecule has 0 radical (unpaired) electrons. The number of benzene rings is 2. The summed E-state index contributed by atoms with van der Waals surface area (Å²) in [7, 11) is 2.71. The molecule has 0 bridgehead atoms. The van der Waals surface area contributed by atoms with E-state index in [1.54, 1.807) is 6.92 Å². The normalized spacial score (nSPS) is 12.3. The molecule has 0 aliphatic heterocycles. The van der Waals surface area contributed by atoms with E-state index in [2.05, 4.69) is 0 Å². The number of rotatable bonds is 7. The zero-order valence-corrected chi connectivity index (χ0v) is 18.2. The number of halogens is 3. The second kappa shape index (κ2) is 9.43. The van der Waals surface area contributed by atoms with Gasteiger partial charge in [0, 0.05) is 6.07 Å². The van der Waals surface area contributed by atoms with Gasteiger partial charge < -0.3 is 23.4 Å². The molecule has 176 valence electrons. The van der Waals surface area contributed by atoms with Crippen LogP contribution in [0.25, 0.3) is 22.1 Å². The Balaban J connectivity index is 2.17. The van der Waals surface area contributed by atoms with Gasteiger partial charge in [-0.15, -0.1) is 0 Å². The number of methoxy groups -OCH3 is 2. The van der Waals surface area contributed by atoms with Gasteiger partial charge in [-0.3, -0.25) is 4.79 Å². The van der Waals surface area contributed by atoms with Crippen LogP contribution in [0.15, 0.2) is 45.6 Å². The van der Waals surface area contributed by atoms with E-state index in [1.165, 1.54) is 51.5 Å². The second-order valence-electron chi connectivity index (χ2n) is 6.87. The van der Waals surface area contributed by atoms with Crippen molar-refractivity contribution in [2.45, 2.75) is 26.1 Å². The monoisotopic (exact) mass is 466 g/mol. The number of hydrogen-bond donors (Lipinski definition) is 0. The van der Waals surface area contributed by atoms with Crippen molar-refractivity contribution in [2.24, 2.45) is 0 Å². The van der Waals surface area contributed by atoms with E-state index in [0.717, 1.165) is 6.07 Å².